The summed E-state index contributed by atoms with van der Waals surface area (Å²) in [5.41, 5.74) is 4.96. The van der Waals surface area contributed by atoms with E-state index in [1.807, 2.05) is 0 Å². The number of halogens is 1. The topological polar surface area (TPSA) is 333 Å². The molecule has 3 aliphatic heterocycles. The van der Waals surface area contributed by atoms with Crippen LogP contribution < -0.4 is 21.8 Å². The van der Waals surface area contributed by atoms with Crippen molar-refractivity contribution in [1.82, 2.24) is 35.9 Å². The number of nitrogens with one attached hydrogen (secondary N) is 3. The maximum atomic E-state index is 13.6. The average Bonchev–Trinajstić information content (AvgIpc) is 3.84. The highest BCUT2D eigenvalue weighted by Gasteiger charge is 2.66. The van der Waals surface area contributed by atoms with Gasteiger partial charge in [-0.2, -0.15) is 0 Å². The minimum absolute atomic E-state index is 0.0361. The molecule has 5 rings (SSSR count). The summed E-state index contributed by atoms with van der Waals surface area (Å²) in [6, 6.07) is -2.04. The van der Waals surface area contributed by atoms with E-state index in [-0.39, 0.29) is 23.9 Å². The molecule has 6 amide bonds. The molecule has 0 aliphatic carbocycles. The Hall–Kier alpha value is -5.92. The fourth-order valence-electron chi connectivity index (χ4n) is 5.43. The number of oxime groups is 1. The fraction of sp³-hybridized carbons (Fsp3) is 0.400. The molecule has 0 saturated carbocycles. The van der Waals surface area contributed by atoms with E-state index in [0.717, 1.165) is 38.3 Å². The second-order valence-corrected chi connectivity index (χ2v) is 15.3. The average molecular weight is 842 g/mol. The van der Waals surface area contributed by atoms with E-state index >= 15 is 0 Å². The third-order valence-electron chi connectivity index (χ3n) is 8.51. The number of fused-ring (bicyclic) bond motifs is 1. The van der Waals surface area contributed by atoms with Crippen molar-refractivity contribution in [3.05, 3.63) is 33.8 Å². The number of thioether (sulfide) groups is 1. The quantitative estimate of drug-likeness (QED) is 0.0248. The number of ketones is 1. The van der Waals surface area contributed by atoms with Crippen LogP contribution in [0.4, 0.5) is 9.93 Å². The van der Waals surface area contributed by atoms with Crippen LogP contribution in [0.5, 0.6) is 11.5 Å². The Labute approximate surface area is 327 Å². The minimum Gasteiger partial charge on any atom is -0.504 e. The van der Waals surface area contributed by atoms with E-state index in [9.17, 15) is 58.8 Å². The number of aliphatic carboxylic acids is 2. The van der Waals surface area contributed by atoms with E-state index in [2.05, 4.69) is 26.2 Å². The van der Waals surface area contributed by atoms with Crippen molar-refractivity contribution >= 4 is 92.9 Å². The number of anilines is 1. The molecule has 26 heteroatoms. The number of urea groups is 1. The van der Waals surface area contributed by atoms with Crippen LogP contribution >= 0.6 is 34.7 Å². The van der Waals surface area contributed by atoms with Crippen LogP contribution in [0.3, 0.4) is 0 Å². The number of nitrogens with zero attached hydrogens (tertiary/aromatic N) is 5. The lowest BCUT2D eigenvalue weighted by Gasteiger charge is -2.41. The number of carbonyl (C=O) groups excluding carboxylic acids is 6. The Bertz CT molecular complexity index is 2060. The predicted molar refractivity (Wildman–Crippen MR) is 191 cm³/mol. The van der Waals surface area contributed by atoms with Crippen LogP contribution in [0.1, 0.15) is 29.9 Å². The van der Waals surface area contributed by atoms with Gasteiger partial charge in [0.25, 0.3) is 23.5 Å². The number of methoxy groups -OCH3 is 1. The van der Waals surface area contributed by atoms with Crippen molar-refractivity contribution in [3.63, 3.8) is 0 Å². The molecule has 9 N–H and O–H groups in total. The lowest BCUT2D eigenvalue weighted by atomic mass is 10.1. The molecular weight excluding hydrogens is 810 g/mol. The maximum Gasteiger partial charge on any atom is 0.350 e. The van der Waals surface area contributed by atoms with Crippen molar-refractivity contribution in [2.45, 2.75) is 41.8 Å². The van der Waals surface area contributed by atoms with Gasteiger partial charge in [0.2, 0.25) is 16.4 Å². The number of amides is 6. The number of hydrogen-bond acceptors (Lipinski definition) is 17. The Morgan fingerprint density at radius 1 is 1.14 bits per heavy atom. The first-order chi connectivity index (χ1) is 26.2. The number of carbonyl (C=O) groups is 8. The van der Waals surface area contributed by atoms with Crippen LogP contribution in [0, 0.1) is 0 Å². The number of thiazole rings is 1. The Morgan fingerprint density at radius 2 is 1.84 bits per heavy atom. The van der Waals surface area contributed by atoms with Crippen molar-refractivity contribution in [3.8, 4) is 11.5 Å². The first-order valence-electron chi connectivity index (χ1n) is 15.9. The first kappa shape index (κ1) is 41.2. The molecule has 3 saturated heterocycles. The van der Waals surface area contributed by atoms with E-state index in [1.54, 1.807) is 0 Å². The number of carboxylic acids is 2. The molecular formula is C30H32ClN9O14S2. The van der Waals surface area contributed by atoms with Gasteiger partial charge in [-0.15, -0.1) is 11.3 Å². The molecule has 1 aromatic heterocycles. The molecule has 300 valence electrons. The van der Waals surface area contributed by atoms with Gasteiger partial charge in [-0.05, 0) is 26.0 Å². The van der Waals surface area contributed by atoms with E-state index in [1.165, 1.54) is 26.3 Å². The van der Waals surface area contributed by atoms with Gasteiger partial charge in [0, 0.05) is 19.0 Å². The number of β-lactam (4-membered cyclic amide) rings is 1. The number of aromatic hydroxyl groups is 2. The highest BCUT2D eigenvalue weighted by Crippen LogP contribution is 2.49. The Kier molecular flexibility index (Phi) is 11.5. The number of hydrazine groups is 1. The largest absolute Gasteiger partial charge is 0.504 e. The monoisotopic (exact) mass is 841 g/mol. The van der Waals surface area contributed by atoms with Gasteiger partial charge >= 0.3 is 18.0 Å². The number of hydrogen-bond donors (Lipinski definition) is 8. The maximum absolute atomic E-state index is 13.6. The molecule has 0 spiro atoms. The predicted octanol–water partition coefficient (Wildman–Crippen LogP) is -1.66. The fourth-order valence-corrected chi connectivity index (χ4v) is 7.86. The highest BCUT2D eigenvalue weighted by atomic mass is 35.5. The molecule has 0 bridgehead atoms. The molecule has 56 heavy (non-hydrogen) atoms. The molecule has 3 fully saturated rings. The second-order valence-electron chi connectivity index (χ2n) is 12.6. The van der Waals surface area contributed by atoms with Gasteiger partial charge < -0.3 is 51.3 Å². The molecule has 4 atom stereocenters. The summed E-state index contributed by atoms with van der Waals surface area (Å²) in [5, 5.41) is 48.0. The summed E-state index contributed by atoms with van der Waals surface area (Å²) >= 11 is 7.48. The lowest BCUT2D eigenvalue weighted by Crippen LogP contribution is -2.68. The van der Waals surface area contributed by atoms with Gasteiger partial charge in [-0.25, -0.2) is 24.4 Å². The zero-order valence-electron chi connectivity index (χ0n) is 29.2. The summed E-state index contributed by atoms with van der Waals surface area (Å²) in [6.07, 6.45) is 0. The van der Waals surface area contributed by atoms with Crippen molar-refractivity contribution < 1.29 is 68.4 Å². The zero-order chi connectivity index (χ0) is 41.4. The van der Waals surface area contributed by atoms with Crippen LogP contribution in [0.2, 0.25) is 5.02 Å². The number of carboxylic acid groups (broad SMARTS) is 2. The molecule has 4 heterocycles. The standard InChI is InChI=1S/C30H32ClN9O14S2/c1-29(2,25(48)49)54-37-16(13-9-55-27(32)34-13)21(45)35-17-23(47)38-10-30(26(50)51,56-24(17)38)39-6-7-40(28(39)52)36-20(44)12(8-53-3)33-22(46)18(42)11-4-5-14(41)19(43)15(11)31/h4-5,9,12,17,24,41,43H,6-8,10H2,1-3H3,(H2,32,34)(H,33,46)(H,35,45)(H,36,44)(H,48,49)(H,50,51)/b37-16-/t12-,17-,24-,30-/m1/s1. The van der Waals surface area contributed by atoms with E-state index in [4.69, 9.17) is 26.9 Å². The zero-order valence-corrected chi connectivity index (χ0v) is 31.6. The Morgan fingerprint density at radius 3 is 2.45 bits per heavy atom. The Balaban J connectivity index is 1.27. The lowest BCUT2D eigenvalue weighted by molar-refractivity contribution is -0.161. The number of benzene rings is 1. The molecule has 0 unspecified atom stereocenters. The number of Topliss-reactive ketones (excluding diaryl/α,β-unsaturated/α-hetero) is 1. The second kappa shape index (κ2) is 15.7. The third kappa shape index (κ3) is 7.64. The van der Waals surface area contributed by atoms with Gasteiger partial charge in [0.1, 0.15) is 23.2 Å². The highest BCUT2D eigenvalue weighted by molar-refractivity contribution is 8.02. The number of ether oxygens (including phenoxy) is 1. The molecule has 1 aromatic carbocycles. The summed E-state index contributed by atoms with van der Waals surface area (Å²) in [7, 11) is 1.18. The van der Waals surface area contributed by atoms with Crippen LogP contribution in [0.15, 0.2) is 22.7 Å². The number of nitrogens with two attached hydrogens (primary N) is 1. The molecule has 3 aliphatic rings. The van der Waals surface area contributed by atoms with Gasteiger partial charge in [0.15, 0.2) is 22.3 Å². The third-order valence-corrected chi connectivity index (χ3v) is 11.3. The van der Waals surface area contributed by atoms with Crippen molar-refractivity contribution in [1.29, 1.82) is 0 Å². The summed E-state index contributed by atoms with van der Waals surface area (Å²) in [4.78, 5) is 112. The van der Waals surface area contributed by atoms with Gasteiger partial charge in [0.05, 0.1) is 30.3 Å². The number of rotatable bonds is 15. The van der Waals surface area contributed by atoms with Crippen LogP contribution in [-0.2, 0) is 38.3 Å². The van der Waals surface area contributed by atoms with Crippen molar-refractivity contribution in [2.24, 2.45) is 5.16 Å². The first-order valence-corrected chi connectivity index (χ1v) is 18.1. The minimum atomic E-state index is -2.10. The van der Waals surface area contributed by atoms with Gasteiger partial charge in [-0.1, -0.05) is 28.5 Å². The smallest absolute Gasteiger partial charge is 0.350 e. The number of phenols is 2. The van der Waals surface area contributed by atoms with Gasteiger partial charge in [-0.3, -0.25) is 34.3 Å². The summed E-state index contributed by atoms with van der Waals surface area (Å²) in [6.45, 7) is 0.789. The molecule has 0 radical (unpaired) electrons. The molecule has 23 nitrogen and oxygen atoms in total. The number of phenolic OH excluding ortho intramolecular Hbond substituents is 2. The van der Waals surface area contributed by atoms with Crippen molar-refractivity contribution in [2.75, 3.05) is 39.1 Å². The van der Waals surface area contributed by atoms with E-state index in [0.29, 0.717) is 11.8 Å². The number of aromatic nitrogens is 1. The molecule has 2 aromatic rings. The number of nitrogen functional groups attached to an aromatic ring is 1. The van der Waals surface area contributed by atoms with Crippen LogP contribution in [-0.4, -0.2) is 155 Å². The SMILES string of the molecule is COC[C@@H](NC(=O)C(=O)c1ccc(O)c(O)c1Cl)C(=O)NN1CCN([C@]2(C(=O)O)CN3C(=O)[C@@H](NC(=O)/C(=N\OC(C)(C)C(=O)O)c4csc(N)n4)[C@H]3S2)C1=O. The van der Waals surface area contributed by atoms with E-state index < -0.39 is 116 Å². The normalized spacial score (nSPS) is 21.2. The summed E-state index contributed by atoms with van der Waals surface area (Å²) < 4.78 is 4.97. The summed E-state index contributed by atoms with van der Waals surface area (Å²) in [5.74, 6) is -9.88. The van der Waals surface area contributed by atoms with Crippen LogP contribution in [0.25, 0.3) is 0 Å².